The van der Waals surface area contributed by atoms with Gasteiger partial charge in [-0.15, -0.1) is 0 Å². The molecule has 0 aliphatic heterocycles. The Labute approximate surface area is 107 Å². The number of nitrogens with two attached hydrogens (primary N) is 1. The van der Waals surface area contributed by atoms with Crippen molar-refractivity contribution in [3.05, 3.63) is 35.4 Å². The van der Waals surface area contributed by atoms with Gasteiger partial charge in [0.25, 0.3) is 0 Å². The van der Waals surface area contributed by atoms with Crippen LogP contribution in [0.3, 0.4) is 0 Å². The Morgan fingerprint density at radius 2 is 1.67 bits per heavy atom. The molecule has 0 bridgehead atoms. The number of halogens is 2. The van der Waals surface area contributed by atoms with E-state index >= 15 is 0 Å². The van der Waals surface area contributed by atoms with E-state index in [2.05, 4.69) is 0 Å². The van der Waals surface area contributed by atoms with Gasteiger partial charge in [0.1, 0.15) is 11.6 Å². The zero-order valence-electron chi connectivity index (χ0n) is 10.7. The smallest absolute Gasteiger partial charge is 0.126 e. The Hall–Kier alpha value is -0.960. The molecule has 0 heterocycles. The Balaban J connectivity index is 2.22. The third-order valence-electron chi connectivity index (χ3n) is 4.01. The summed E-state index contributed by atoms with van der Waals surface area (Å²) in [6, 6.07) is 3.87. The van der Waals surface area contributed by atoms with Crippen LogP contribution < -0.4 is 5.73 Å². The molecule has 1 atom stereocenters. The van der Waals surface area contributed by atoms with E-state index in [0.717, 1.165) is 30.9 Å². The molecule has 2 N–H and O–H groups in total. The molecule has 1 saturated carbocycles. The second kappa shape index (κ2) is 6.28. The summed E-state index contributed by atoms with van der Waals surface area (Å²) >= 11 is 0. The van der Waals surface area contributed by atoms with E-state index in [-0.39, 0.29) is 5.92 Å². The van der Waals surface area contributed by atoms with Gasteiger partial charge in [-0.05, 0) is 55.3 Å². The molecule has 1 aromatic carbocycles. The summed E-state index contributed by atoms with van der Waals surface area (Å²) in [5.41, 5.74) is 6.44. The maximum absolute atomic E-state index is 13.3. The van der Waals surface area contributed by atoms with E-state index < -0.39 is 11.6 Å². The first-order chi connectivity index (χ1) is 8.70. The van der Waals surface area contributed by atoms with Crippen LogP contribution in [0.5, 0.6) is 0 Å². The third kappa shape index (κ3) is 3.29. The van der Waals surface area contributed by atoms with Gasteiger partial charge in [-0.3, -0.25) is 0 Å². The molecule has 1 aliphatic rings. The molecule has 1 unspecified atom stereocenters. The van der Waals surface area contributed by atoms with Crippen molar-refractivity contribution in [1.82, 2.24) is 0 Å². The predicted molar refractivity (Wildman–Crippen MR) is 69.3 cm³/mol. The summed E-state index contributed by atoms with van der Waals surface area (Å²) in [5.74, 6) is -0.227. The van der Waals surface area contributed by atoms with Crippen LogP contribution in [-0.2, 0) is 0 Å². The van der Waals surface area contributed by atoms with Crippen LogP contribution >= 0.6 is 0 Å². The maximum atomic E-state index is 13.3. The highest BCUT2D eigenvalue weighted by Crippen LogP contribution is 2.38. The summed E-state index contributed by atoms with van der Waals surface area (Å²) in [4.78, 5) is 0. The monoisotopic (exact) mass is 253 g/mol. The molecule has 1 nitrogen and oxygen atoms in total. The minimum atomic E-state index is -0.483. The van der Waals surface area contributed by atoms with Crippen molar-refractivity contribution in [3.63, 3.8) is 0 Å². The summed E-state index contributed by atoms with van der Waals surface area (Å²) in [6.45, 7) is 0.569. The topological polar surface area (TPSA) is 26.0 Å². The van der Waals surface area contributed by atoms with Crippen LogP contribution in [0.4, 0.5) is 8.78 Å². The lowest BCUT2D eigenvalue weighted by Gasteiger charge is -2.30. The van der Waals surface area contributed by atoms with E-state index in [4.69, 9.17) is 5.73 Å². The lowest BCUT2D eigenvalue weighted by atomic mass is 9.75. The van der Waals surface area contributed by atoms with Gasteiger partial charge in [0.2, 0.25) is 0 Å². The molecule has 1 fully saturated rings. The molecule has 2 rings (SSSR count). The van der Waals surface area contributed by atoms with Crippen molar-refractivity contribution in [2.24, 2.45) is 11.7 Å². The standard InChI is InChI=1S/C15H21F2N/c16-13-8-12(9-14(17)10-13)15(6-7-18)11-4-2-1-3-5-11/h8-11,15H,1-7,18H2. The maximum Gasteiger partial charge on any atom is 0.126 e. The van der Waals surface area contributed by atoms with E-state index in [1.54, 1.807) is 0 Å². The van der Waals surface area contributed by atoms with Crippen LogP contribution in [0.15, 0.2) is 18.2 Å². The van der Waals surface area contributed by atoms with Crippen molar-refractivity contribution in [1.29, 1.82) is 0 Å². The van der Waals surface area contributed by atoms with Gasteiger partial charge in [0.05, 0.1) is 0 Å². The second-order valence-corrected chi connectivity index (χ2v) is 5.28. The largest absolute Gasteiger partial charge is 0.330 e. The van der Waals surface area contributed by atoms with Crippen molar-refractivity contribution < 1.29 is 8.78 Å². The SMILES string of the molecule is NCCC(c1cc(F)cc(F)c1)C1CCCCC1. The van der Waals surface area contributed by atoms with Crippen molar-refractivity contribution >= 4 is 0 Å². The van der Waals surface area contributed by atoms with Crippen LogP contribution in [0, 0.1) is 17.6 Å². The molecule has 0 saturated heterocycles. The summed E-state index contributed by atoms with van der Waals surface area (Å²) in [5, 5.41) is 0. The molecule has 3 heteroatoms. The lowest BCUT2D eigenvalue weighted by molar-refractivity contribution is 0.295. The predicted octanol–water partition coefficient (Wildman–Crippen LogP) is 3.98. The Morgan fingerprint density at radius 3 is 2.22 bits per heavy atom. The number of hydrogen-bond donors (Lipinski definition) is 1. The summed E-state index contributed by atoms with van der Waals surface area (Å²) in [7, 11) is 0. The molecule has 0 radical (unpaired) electrons. The van der Waals surface area contributed by atoms with Crippen LogP contribution in [0.25, 0.3) is 0 Å². The second-order valence-electron chi connectivity index (χ2n) is 5.28. The average molecular weight is 253 g/mol. The van der Waals surface area contributed by atoms with Gasteiger partial charge in [-0.2, -0.15) is 0 Å². The average Bonchev–Trinajstić information content (AvgIpc) is 2.36. The van der Waals surface area contributed by atoms with Gasteiger partial charge in [0, 0.05) is 6.07 Å². The molecule has 1 aromatic rings. The van der Waals surface area contributed by atoms with Crippen LogP contribution in [-0.4, -0.2) is 6.54 Å². The Bertz CT molecular complexity index is 366. The molecule has 100 valence electrons. The quantitative estimate of drug-likeness (QED) is 0.863. The van der Waals surface area contributed by atoms with Crippen LogP contribution in [0.1, 0.15) is 50.0 Å². The van der Waals surface area contributed by atoms with Gasteiger partial charge >= 0.3 is 0 Å². The van der Waals surface area contributed by atoms with Crippen molar-refractivity contribution in [2.75, 3.05) is 6.54 Å². The molecular formula is C15H21F2N. The first-order valence-electron chi connectivity index (χ1n) is 6.87. The first kappa shape index (κ1) is 13.5. The summed E-state index contributed by atoms with van der Waals surface area (Å²) in [6.07, 6.45) is 6.86. The summed E-state index contributed by atoms with van der Waals surface area (Å²) < 4.78 is 26.6. The first-order valence-corrected chi connectivity index (χ1v) is 6.87. The van der Waals surface area contributed by atoms with Gasteiger partial charge in [-0.1, -0.05) is 19.3 Å². The molecule has 0 aromatic heterocycles. The fourth-order valence-corrected chi connectivity index (χ4v) is 3.18. The zero-order chi connectivity index (χ0) is 13.0. The Kier molecular flexibility index (Phi) is 4.70. The zero-order valence-corrected chi connectivity index (χ0v) is 10.7. The van der Waals surface area contributed by atoms with Crippen molar-refractivity contribution in [2.45, 2.75) is 44.4 Å². The normalized spacial score (nSPS) is 18.8. The molecule has 0 spiro atoms. The lowest BCUT2D eigenvalue weighted by Crippen LogP contribution is -2.19. The minimum Gasteiger partial charge on any atom is -0.330 e. The number of benzene rings is 1. The fraction of sp³-hybridized carbons (Fsp3) is 0.600. The minimum absolute atomic E-state index is 0.209. The number of rotatable bonds is 4. The van der Waals surface area contributed by atoms with E-state index in [1.165, 1.54) is 31.4 Å². The van der Waals surface area contributed by atoms with Crippen molar-refractivity contribution in [3.8, 4) is 0 Å². The molecule has 18 heavy (non-hydrogen) atoms. The highest BCUT2D eigenvalue weighted by molar-refractivity contribution is 5.23. The van der Waals surface area contributed by atoms with Crippen LogP contribution in [0.2, 0.25) is 0 Å². The number of hydrogen-bond acceptors (Lipinski definition) is 1. The van der Waals surface area contributed by atoms with E-state index in [0.29, 0.717) is 12.5 Å². The molecule has 0 amide bonds. The highest BCUT2D eigenvalue weighted by atomic mass is 19.1. The fourth-order valence-electron chi connectivity index (χ4n) is 3.18. The van der Waals surface area contributed by atoms with E-state index in [1.807, 2.05) is 0 Å². The van der Waals surface area contributed by atoms with Gasteiger partial charge in [0.15, 0.2) is 0 Å². The third-order valence-corrected chi connectivity index (χ3v) is 4.01. The van der Waals surface area contributed by atoms with Gasteiger partial charge < -0.3 is 5.73 Å². The van der Waals surface area contributed by atoms with Gasteiger partial charge in [-0.25, -0.2) is 8.78 Å². The molecular weight excluding hydrogens is 232 g/mol. The molecule has 1 aliphatic carbocycles. The van der Waals surface area contributed by atoms with E-state index in [9.17, 15) is 8.78 Å². The highest BCUT2D eigenvalue weighted by Gasteiger charge is 2.25. The Morgan fingerprint density at radius 1 is 1.06 bits per heavy atom.